The molecule has 0 atom stereocenters. The molecule has 1 aromatic carbocycles. The lowest BCUT2D eigenvalue weighted by Gasteiger charge is -2.08. The first-order valence-corrected chi connectivity index (χ1v) is 7.46. The molecule has 0 saturated heterocycles. The molecule has 0 unspecified atom stereocenters. The van der Waals surface area contributed by atoms with E-state index in [0.29, 0.717) is 25.5 Å². The molecule has 20 heavy (non-hydrogen) atoms. The van der Waals surface area contributed by atoms with Gasteiger partial charge >= 0.3 is 5.97 Å². The molecular formula is C12H17NO6S. The first-order chi connectivity index (χ1) is 9.43. The van der Waals surface area contributed by atoms with Crippen LogP contribution in [-0.2, 0) is 30.9 Å². The quantitative estimate of drug-likeness (QED) is 0.650. The second kappa shape index (κ2) is 7.83. The fourth-order valence-corrected chi connectivity index (χ4v) is 2.32. The Bertz CT molecular complexity index is 543. The van der Waals surface area contributed by atoms with Gasteiger partial charge in [0, 0.05) is 12.8 Å². The van der Waals surface area contributed by atoms with Crippen LogP contribution in [0.4, 0.5) is 5.69 Å². The van der Waals surface area contributed by atoms with E-state index in [0.717, 1.165) is 5.56 Å². The monoisotopic (exact) mass is 303 g/mol. The van der Waals surface area contributed by atoms with Crippen molar-refractivity contribution in [3.05, 3.63) is 29.8 Å². The standard InChI is InChI=1S/C12H17NO6S/c1-18-5-6-19-8-10-3-2-4-11(7-10)13-20(16,17)9-12(14)15/h2-4,7,13H,5-6,8-9H2,1H3,(H,14,15). The van der Waals surface area contributed by atoms with Gasteiger partial charge < -0.3 is 14.6 Å². The van der Waals surface area contributed by atoms with Crippen molar-refractivity contribution in [3.8, 4) is 0 Å². The SMILES string of the molecule is COCCOCc1cccc(NS(=O)(=O)CC(=O)O)c1. The Hall–Kier alpha value is -1.64. The molecule has 0 aromatic heterocycles. The van der Waals surface area contributed by atoms with Gasteiger partial charge in [-0.1, -0.05) is 12.1 Å². The molecule has 0 amide bonds. The largest absolute Gasteiger partial charge is 0.480 e. The average Bonchev–Trinajstić information content (AvgIpc) is 2.33. The molecule has 0 aliphatic carbocycles. The van der Waals surface area contributed by atoms with E-state index < -0.39 is 21.7 Å². The van der Waals surface area contributed by atoms with Crippen molar-refractivity contribution >= 4 is 21.7 Å². The number of benzene rings is 1. The molecule has 0 aliphatic rings. The van der Waals surface area contributed by atoms with Crippen molar-refractivity contribution < 1.29 is 27.8 Å². The molecule has 112 valence electrons. The van der Waals surface area contributed by atoms with Gasteiger partial charge in [0.2, 0.25) is 10.0 Å². The van der Waals surface area contributed by atoms with Gasteiger partial charge in [-0.3, -0.25) is 9.52 Å². The van der Waals surface area contributed by atoms with E-state index in [1.165, 1.54) is 6.07 Å². The Labute approximate surface area is 117 Å². The number of aliphatic carboxylic acids is 1. The van der Waals surface area contributed by atoms with E-state index in [2.05, 4.69) is 4.72 Å². The minimum absolute atomic E-state index is 0.305. The van der Waals surface area contributed by atoms with Crippen LogP contribution in [0.3, 0.4) is 0 Å². The smallest absolute Gasteiger partial charge is 0.320 e. The van der Waals surface area contributed by atoms with Crippen molar-refractivity contribution in [2.45, 2.75) is 6.61 Å². The summed E-state index contributed by atoms with van der Waals surface area (Å²) < 4.78 is 35.3. The normalized spacial score (nSPS) is 11.2. The van der Waals surface area contributed by atoms with Gasteiger partial charge in [-0.05, 0) is 17.7 Å². The highest BCUT2D eigenvalue weighted by atomic mass is 32.2. The van der Waals surface area contributed by atoms with E-state index in [-0.39, 0.29) is 0 Å². The predicted molar refractivity (Wildman–Crippen MR) is 73.0 cm³/mol. The molecule has 7 nitrogen and oxygen atoms in total. The predicted octanol–water partition coefficient (Wildman–Crippen LogP) is 0.676. The number of anilines is 1. The van der Waals surface area contributed by atoms with Crippen molar-refractivity contribution in [3.63, 3.8) is 0 Å². The summed E-state index contributed by atoms with van der Waals surface area (Å²) in [6.45, 7) is 1.23. The van der Waals surface area contributed by atoms with Gasteiger partial charge in [0.1, 0.15) is 0 Å². The Kier molecular flexibility index (Phi) is 6.43. The first kappa shape index (κ1) is 16.4. The van der Waals surface area contributed by atoms with Crippen LogP contribution >= 0.6 is 0 Å². The van der Waals surface area contributed by atoms with Gasteiger partial charge in [0.15, 0.2) is 5.75 Å². The second-order valence-electron chi connectivity index (χ2n) is 4.00. The molecule has 0 fully saturated rings. The highest BCUT2D eigenvalue weighted by molar-refractivity contribution is 7.93. The molecule has 1 aromatic rings. The number of hydrogen-bond donors (Lipinski definition) is 2. The minimum atomic E-state index is -3.89. The number of rotatable bonds is 9. The molecule has 0 aliphatic heterocycles. The fraction of sp³-hybridized carbons (Fsp3) is 0.417. The number of nitrogens with one attached hydrogen (secondary N) is 1. The van der Waals surface area contributed by atoms with Crippen LogP contribution in [0.2, 0.25) is 0 Å². The lowest BCUT2D eigenvalue weighted by Crippen LogP contribution is -2.22. The summed E-state index contributed by atoms with van der Waals surface area (Å²) in [5, 5.41) is 8.50. The Morgan fingerprint density at radius 2 is 2.10 bits per heavy atom. The number of methoxy groups -OCH3 is 1. The van der Waals surface area contributed by atoms with Gasteiger partial charge in [-0.25, -0.2) is 8.42 Å². The molecule has 0 heterocycles. The third-order valence-corrected chi connectivity index (χ3v) is 3.39. The lowest BCUT2D eigenvalue weighted by atomic mass is 10.2. The summed E-state index contributed by atoms with van der Waals surface area (Å²) >= 11 is 0. The first-order valence-electron chi connectivity index (χ1n) is 5.81. The number of carboxylic acid groups (broad SMARTS) is 1. The van der Waals surface area contributed by atoms with E-state index in [1.807, 2.05) is 0 Å². The van der Waals surface area contributed by atoms with Gasteiger partial charge in [-0.2, -0.15) is 0 Å². The van der Waals surface area contributed by atoms with Crippen LogP contribution in [0.1, 0.15) is 5.56 Å². The third-order valence-electron chi connectivity index (χ3n) is 2.21. The molecule has 0 bridgehead atoms. The number of carboxylic acids is 1. The minimum Gasteiger partial charge on any atom is -0.480 e. The third kappa shape index (κ3) is 6.50. The molecule has 0 spiro atoms. The molecule has 8 heteroatoms. The maximum atomic E-state index is 11.5. The Morgan fingerprint density at radius 3 is 2.75 bits per heavy atom. The lowest BCUT2D eigenvalue weighted by molar-refractivity contribution is -0.134. The summed E-state index contributed by atoms with van der Waals surface area (Å²) in [6.07, 6.45) is 0. The second-order valence-corrected chi connectivity index (χ2v) is 5.72. The zero-order valence-electron chi connectivity index (χ0n) is 11.0. The summed E-state index contributed by atoms with van der Waals surface area (Å²) in [4.78, 5) is 10.4. The van der Waals surface area contributed by atoms with E-state index in [9.17, 15) is 13.2 Å². The highest BCUT2D eigenvalue weighted by Crippen LogP contribution is 2.13. The molecule has 0 saturated carbocycles. The summed E-state index contributed by atoms with van der Waals surface area (Å²) in [5.41, 5.74) is 1.08. The molecule has 0 radical (unpaired) electrons. The van der Waals surface area contributed by atoms with Crippen molar-refractivity contribution in [1.82, 2.24) is 0 Å². The van der Waals surface area contributed by atoms with Crippen LogP contribution in [0, 0.1) is 0 Å². The van der Waals surface area contributed by atoms with Crippen molar-refractivity contribution in [2.75, 3.05) is 30.8 Å². The van der Waals surface area contributed by atoms with E-state index in [1.54, 1.807) is 25.3 Å². The van der Waals surface area contributed by atoms with Gasteiger partial charge in [0.25, 0.3) is 0 Å². The maximum absolute atomic E-state index is 11.5. The summed E-state index contributed by atoms with van der Waals surface area (Å²) in [6, 6.07) is 6.57. The van der Waals surface area contributed by atoms with Gasteiger partial charge in [0.05, 0.1) is 19.8 Å². The van der Waals surface area contributed by atoms with Crippen LogP contribution in [0.25, 0.3) is 0 Å². The molecule has 1 rings (SSSR count). The fourth-order valence-electron chi connectivity index (χ4n) is 1.44. The Balaban J connectivity index is 2.61. The van der Waals surface area contributed by atoms with Crippen LogP contribution in [0.15, 0.2) is 24.3 Å². The van der Waals surface area contributed by atoms with Crippen LogP contribution in [0.5, 0.6) is 0 Å². The zero-order valence-corrected chi connectivity index (χ0v) is 11.9. The molecule has 2 N–H and O–H groups in total. The number of sulfonamides is 1. The number of carbonyl (C=O) groups is 1. The van der Waals surface area contributed by atoms with E-state index >= 15 is 0 Å². The zero-order chi connectivity index (χ0) is 15.0. The Morgan fingerprint density at radius 1 is 1.35 bits per heavy atom. The van der Waals surface area contributed by atoms with Gasteiger partial charge in [-0.15, -0.1) is 0 Å². The average molecular weight is 303 g/mol. The summed E-state index contributed by atoms with van der Waals surface area (Å²) in [7, 11) is -2.32. The van der Waals surface area contributed by atoms with Crippen molar-refractivity contribution in [2.24, 2.45) is 0 Å². The summed E-state index contributed by atoms with van der Waals surface area (Å²) in [5.74, 6) is -2.38. The topological polar surface area (TPSA) is 102 Å². The number of ether oxygens (including phenoxy) is 2. The highest BCUT2D eigenvalue weighted by Gasteiger charge is 2.15. The number of hydrogen-bond acceptors (Lipinski definition) is 5. The van der Waals surface area contributed by atoms with E-state index in [4.69, 9.17) is 14.6 Å². The van der Waals surface area contributed by atoms with Crippen molar-refractivity contribution in [1.29, 1.82) is 0 Å². The van der Waals surface area contributed by atoms with Crippen LogP contribution < -0.4 is 4.72 Å². The molecular weight excluding hydrogens is 286 g/mol. The van der Waals surface area contributed by atoms with Crippen LogP contribution in [-0.4, -0.2) is 45.6 Å². The maximum Gasteiger partial charge on any atom is 0.320 e.